The van der Waals surface area contributed by atoms with E-state index in [0.717, 1.165) is 31.6 Å². The lowest BCUT2D eigenvalue weighted by atomic mass is 10.1. The molecule has 0 aliphatic carbocycles. The molecule has 1 heterocycles. The van der Waals surface area contributed by atoms with E-state index in [2.05, 4.69) is 58.9 Å². The van der Waals surface area contributed by atoms with Gasteiger partial charge in [0.05, 0.1) is 19.1 Å². The summed E-state index contributed by atoms with van der Waals surface area (Å²) in [5.41, 5.74) is 5.06. The summed E-state index contributed by atoms with van der Waals surface area (Å²) in [6, 6.07) is 18.8. The Labute approximate surface area is 143 Å². The first-order valence-electron chi connectivity index (χ1n) is 8.50. The minimum Gasteiger partial charge on any atom is -0.496 e. The van der Waals surface area contributed by atoms with Crippen LogP contribution in [0.2, 0.25) is 0 Å². The summed E-state index contributed by atoms with van der Waals surface area (Å²) in [5, 5.41) is 0. The molecule has 0 aliphatic rings. The standard InChI is InChI=1S/C21H24N2O/c1-3-20-19(15-17-9-5-4-6-10-17)22-16-23(20)14-13-18-11-7-8-12-21(18)24-2/h4-12,16H,3,13-15H2,1-2H3. The van der Waals surface area contributed by atoms with Crippen molar-refractivity contribution in [3.8, 4) is 5.75 Å². The van der Waals surface area contributed by atoms with E-state index < -0.39 is 0 Å². The number of methoxy groups -OCH3 is 1. The number of benzene rings is 2. The molecule has 0 unspecified atom stereocenters. The fourth-order valence-corrected chi connectivity index (χ4v) is 3.14. The molecule has 2 aromatic carbocycles. The van der Waals surface area contributed by atoms with Crippen molar-refractivity contribution in [3.63, 3.8) is 0 Å². The number of hydrogen-bond acceptors (Lipinski definition) is 2. The largest absolute Gasteiger partial charge is 0.496 e. The van der Waals surface area contributed by atoms with Gasteiger partial charge in [0, 0.05) is 18.7 Å². The van der Waals surface area contributed by atoms with Crippen LogP contribution in [0.3, 0.4) is 0 Å². The third kappa shape index (κ3) is 3.67. The normalized spacial score (nSPS) is 10.8. The second kappa shape index (κ2) is 7.82. The second-order valence-corrected chi connectivity index (χ2v) is 5.91. The molecule has 0 bridgehead atoms. The Kier molecular flexibility index (Phi) is 5.32. The molecule has 24 heavy (non-hydrogen) atoms. The lowest BCUT2D eigenvalue weighted by Crippen LogP contribution is -2.06. The van der Waals surface area contributed by atoms with Crippen LogP contribution in [-0.2, 0) is 25.8 Å². The number of aryl methyl sites for hydroxylation is 2. The fourth-order valence-electron chi connectivity index (χ4n) is 3.14. The van der Waals surface area contributed by atoms with Gasteiger partial charge in [-0.05, 0) is 30.0 Å². The van der Waals surface area contributed by atoms with E-state index in [-0.39, 0.29) is 0 Å². The van der Waals surface area contributed by atoms with Crippen LogP contribution in [0.25, 0.3) is 0 Å². The monoisotopic (exact) mass is 320 g/mol. The Bertz CT molecular complexity index is 778. The maximum absolute atomic E-state index is 5.45. The summed E-state index contributed by atoms with van der Waals surface area (Å²) in [6.45, 7) is 3.12. The van der Waals surface area contributed by atoms with Crippen LogP contribution in [0.1, 0.15) is 29.4 Å². The molecule has 0 saturated heterocycles. The van der Waals surface area contributed by atoms with Gasteiger partial charge in [0.25, 0.3) is 0 Å². The topological polar surface area (TPSA) is 27.1 Å². The van der Waals surface area contributed by atoms with Crippen molar-refractivity contribution >= 4 is 0 Å². The molecule has 0 amide bonds. The zero-order chi connectivity index (χ0) is 16.8. The highest BCUT2D eigenvalue weighted by Crippen LogP contribution is 2.20. The van der Waals surface area contributed by atoms with Crippen molar-refractivity contribution in [2.45, 2.75) is 32.7 Å². The minimum absolute atomic E-state index is 0.895. The molecule has 0 fully saturated rings. The van der Waals surface area contributed by atoms with E-state index in [1.165, 1.54) is 22.5 Å². The van der Waals surface area contributed by atoms with Crippen molar-refractivity contribution in [2.75, 3.05) is 7.11 Å². The van der Waals surface area contributed by atoms with Crippen LogP contribution in [0.15, 0.2) is 60.9 Å². The average molecular weight is 320 g/mol. The number of nitrogens with zero attached hydrogens (tertiary/aromatic N) is 2. The first kappa shape index (κ1) is 16.3. The van der Waals surface area contributed by atoms with Gasteiger partial charge in [0.15, 0.2) is 0 Å². The first-order chi connectivity index (χ1) is 11.8. The molecule has 0 spiro atoms. The van der Waals surface area contributed by atoms with E-state index in [1.807, 2.05) is 18.5 Å². The van der Waals surface area contributed by atoms with Gasteiger partial charge < -0.3 is 9.30 Å². The van der Waals surface area contributed by atoms with Crippen molar-refractivity contribution in [3.05, 3.63) is 83.4 Å². The minimum atomic E-state index is 0.895. The van der Waals surface area contributed by atoms with Crippen LogP contribution < -0.4 is 4.74 Å². The summed E-state index contributed by atoms with van der Waals surface area (Å²) in [6.07, 6.45) is 4.81. The quantitative estimate of drug-likeness (QED) is 0.649. The molecule has 0 saturated carbocycles. The number of hydrogen-bond donors (Lipinski definition) is 0. The van der Waals surface area contributed by atoms with Crippen LogP contribution in [-0.4, -0.2) is 16.7 Å². The zero-order valence-corrected chi connectivity index (χ0v) is 14.4. The number of aromatic nitrogens is 2. The molecular formula is C21H24N2O. The SMILES string of the molecule is CCc1c(Cc2ccccc2)ncn1CCc1ccccc1OC. The van der Waals surface area contributed by atoms with Crippen LogP contribution >= 0.6 is 0 Å². The molecule has 3 rings (SSSR count). The van der Waals surface area contributed by atoms with Gasteiger partial charge >= 0.3 is 0 Å². The van der Waals surface area contributed by atoms with Gasteiger partial charge in [-0.15, -0.1) is 0 Å². The van der Waals surface area contributed by atoms with Crippen LogP contribution in [0, 0.1) is 0 Å². The van der Waals surface area contributed by atoms with Gasteiger partial charge in [-0.25, -0.2) is 4.98 Å². The van der Waals surface area contributed by atoms with E-state index in [9.17, 15) is 0 Å². The smallest absolute Gasteiger partial charge is 0.122 e. The van der Waals surface area contributed by atoms with Gasteiger partial charge in [-0.3, -0.25) is 0 Å². The highest BCUT2D eigenvalue weighted by Gasteiger charge is 2.11. The molecule has 3 heteroatoms. The van der Waals surface area contributed by atoms with E-state index >= 15 is 0 Å². The summed E-state index contributed by atoms with van der Waals surface area (Å²) in [7, 11) is 1.73. The van der Waals surface area contributed by atoms with Crippen molar-refractivity contribution in [1.29, 1.82) is 0 Å². The lowest BCUT2D eigenvalue weighted by molar-refractivity contribution is 0.408. The maximum atomic E-state index is 5.45. The Hall–Kier alpha value is -2.55. The predicted octanol–water partition coefficient (Wildman–Crippen LogP) is 4.29. The predicted molar refractivity (Wildman–Crippen MR) is 97.6 cm³/mol. The lowest BCUT2D eigenvalue weighted by Gasteiger charge is -2.11. The van der Waals surface area contributed by atoms with Gasteiger partial charge in [-0.1, -0.05) is 55.5 Å². The molecule has 0 N–H and O–H groups in total. The summed E-state index contributed by atoms with van der Waals surface area (Å²) >= 11 is 0. The molecule has 3 nitrogen and oxygen atoms in total. The number of imidazole rings is 1. The van der Waals surface area contributed by atoms with Gasteiger partial charge in [-0.2, -0.15) is 0 Å². The third-order valence-corrected chi connectivity index (χ3v) is 4.40. The highest BCUT2D eigenvalue weighted by atomic mass is 16.5. The first-order valence-corrected chi connectivity index (χ1v) is 8.50. The van der Waals surface area contributed by atoms with Crippen molar-refractivity contribution in [2.24, 2.45) is 0 Å². The molecular weight excluding hydrogens is 296 g/mol. The Morgan fingerprint density at radius 3 is 2.50 bits per heavy atom. The van der Waals surface area contributed by atoms with Gasteiger partial charge in [0.1, 0.15) is 5.75 Å². The number of ether oxygens (including phenoxy) is 1. The molecule has 1 aromatic heterocycles. The molecule has 3 aromatic rings. The number of rotatable bonds is 7. The van der Waals surface area contributed by atoms with E-state index in [1.54, 1.807) is 7.11 Å². The third-order valence-electron chi connectivity index (χ3n) is 4.40. The van der Waals surface area contributed by atoms with Crippen molar-refractivity contribution < 1.29 is 4.74 Å². The Morgan fingerprint density at radius 2 is 1.75 bits per heavy atom. The molecule has 0 aliphatic heterocycles. The number of para-hydroxylation sites is 1. The molecule has 124 valence electrons. The van der Waals surface area contributed by atoms with Gasteiger partial charge in [0.2, 0.25) is 0 Å². The average Bonchev–Trinajstić information content (AvgIpc) is 3.02. The van der Waals surface area contributed by atoms with E-state index in [0.29, 0.717) is 0 Å². The van der Waals surface area contributed by atoms with Crippen LogP contribution in [0.5, 0.6) is 5.75 Å². The summed E-state index contributed by atoms with van der Waals surface area (Å²) in [4.78, 5) is 4.67. The zero-order valence-electron chi connectivity index (χ0n) is 14.4. The van der Waals surface area contributed by atoms with Crippen molar-refractivity contribution in [1.82, 2.24) is 9.55 Å². The fraction of sp³-hybridized carbons (Fsp3) is 0.286. The molecule has 0 radical (unpaired) electrons. The second-order valence-electron chi connectivity index (χ2n) is 5.91. The highest BCUT2D eigenvalue weighted by molar-refractivity contribution is 5.33. The summed E-state index contributed by atoms with van der Waals surface area (Å²) < 4.78 is 7.73. The van der Waals surface area contributed by atoms with E-state index in [4.69, 9.17) is 4.74 Å². The Morgan fingerprint density at radius 1 is 1.00 bits per heavy atom. The van der Waals surface area contributed by atoms with Crippen LogP contribution in [0.4, 0.5) is 0 Å². The maximum Gasteiger partial charge on any atom is 0.122 e. The Balaban J connectivity index is 1.74. The molecule has 0 atom stereocenters. The summed E-state index contributed by atoms with van der Waals surface area (Å²) in [5.74, 6) is 0.958.